The average molecular weight is 216 g/mol. The maximum absolute atomic E-state index is 9.04. The topological polar surface area (TPSA) is 45.4 Å². The third-order valence-corrected chi connectivity index (χ3v) is 2.91. The molecule has 0 saturated carbocycles. The fraction of sp³-hybridized carbons (Fsp3) is 0.600. The van der Waals surface area contributed by atoms with Gasteiger partial charge in [0.2, 0.25) is 0 Å². The summed E-state index contributed by atoms with van der Waals surface area (Å²) in [4.78, 5) is 0. The quantitative estimate of drug-likeness (QED) is 0.790. The number of halogens is 1. The largest absolute Gasteiger partial charge is 0.449 e. The third kappa shape index (κ3) is 2.11. The summed E-state index contributed by atoms with van der Waals surface area (Å²) < 4.78 is 5.37. The van der Waals surface area contributed by atoms with E-state index in [1.54, 1.807) is 6.07 Å². The summed E-state index contributed by atoms with van der Waals surface area (Å²) in [6.45, 7) is 1.11. The Balaban J connectivity index is 2.04. The molecular formula is C10H14ClNO2. The summed E-state index contributed by atoms with van der Waals surface area (Å²) in [6, 6.07) is 3.89. The molecule has 1 aromatic heterocycles. The summed E-state index contributed by atoms with van der Waals surface area (Å²) >= 11 is 5.72. The number of furan rings is 1. The molecule has 1 aliphatic heterocycles. The Bertz CT molecular complexity index is 300. The first kappa shape index (κ1) is 10.0. The molecule has 0 radical (unpaired) electrons. The number of nitrogens with one attached hydrogen (secondary N) is 1. The van der Waals surface area contributed by atoms with Gasteiger partial charge in [-0.15, -0.1) is 0 Å². The lowest BCUT2D eigenvalue weighted by Gasteiger charge is -2.27. The normalized spacial score (nSPS) is 27.9. The highest BCUT2D eigenvalue weighted by Gasteiger charge is 2.24. The molecule has 4 heteroatoms. The standard InChI is InChI=1S/C10H14ClNO2/c11-10-2-1-9(14-10)7-3-4-12-8(5-7)6-13/h1-2,7-8,12-13H,3-6H2. The van der Waals surface area contributed by atoms with Crippen molar-refractivity contribution in [2.45, 2.75) is 24.8 Å². The second-order valence-electron chi connectivity index (χ2n) is 3.70. The lowest BCUT2D eigenvalue weighted by Crippen LogP contribution is -2.39. The first-order chi connectivity index (χ1) is 6.79. The number of hydrogen-bond acceptors (Lipinski definition) is 3. The molecule has 0 spiro atoms. The number of hydrogen-bond donors (Lipinski definition) is 2. The predicted octanol–water partition coefficient (Wildman–Crippen LogP) is 1.76. The summed E-state index contributed by atoms with van der Waals surface area (Å²) in [7, 11) is 0. The summed E-state index contributed by atoms with van der Waals surface area (Å²) in [5.41, 5.74) is 0. The van der Waals surface area contributed by atoms with Crippen LogP contribution in [-0.2, 0) is 0 Å². The van der Waals surface area contributed by atoms with Crippen molar-refractivity contribution < 1.29 is 9.52 Å². The highest BCUT2D eigenvalue weighted by molar-refractivity contribution is 6.28. The molecule has 0 bridgehead atoms. The van der Waals surface area contributed by atoms with Crippen LogP contribution in [-0.4, -0.2) is 24.3 Å². The molecule has 2 atom stereocenters. The molecule has 1 saturated heterocycles. The first-order valence-electron chi connectivity index (χ1n) is 4.89. The van der Waals surface area contributed by atoms with Crippen LogP contribution in [0.2, 0.25) is 5.22 Å². The van der Waals surface area contributed by atoms with Crippen LogP contribution in [0.3, 0.4) is 0 Å². The highest BCUT2D eigenvalue weighted by Crippen LogP contribution is 2.30. The Labute approximate surface area is 88.1 Å². The van der Waals surface area contributed by atoms with E-state index < -0.39 is 0 Å². The van der Waals surface area contributed by atoms with Gasteiger partial charge in [0, 0.05) is 12.0 Å². The Morgan fingerprint density at radius 2 is 2.43 bits per heavy atom. The minimum atomic E-state index is 0.185. The van der Waals surface area contributed by atoms with Gasteiger partial charge in [0.15, 0.2) is 5.22 Å². The monoisotopic (exact) mass is 215 g/mol. The fourth-order valence-electron chi connectivity index (χ4n) is 1.95. The molecule has 1 aliphatic rings. The van der Waals surface area contributed by atoms with E-state index in [4.69, 9.17) is 21.1 Å². The van der Waals surface area contributed by atoms with Crippen LogP contribution in [0.15, 0.2) is 16.5 Å². The van der Waals surface area contributed by atoms with Crippen LogP contribution in [0.4, 0.5) is 0 Å². The van der Waals surface area contributed by atoms with Gasteiger partial charge in [-0.3, -0.25) is 0 Å². The van der Waals surface area contributed by atoms with E-state index in [2.05, 4.69) is 5.32 Å². The molecular weight excluding hydrogens is 202 g/mol. The molecule has 3 nitrogen and oxygen atoms in total. The van der Waals surface area contributed by atoms with E-state index in [9.17, 15) is 0 Å². The molecule has 0 aliphatic carbocycles. The van der Waals surface area contributed by atoms with E-state index in [1.165, 1.54) is 0 Å². The molecule has 2 N–H and O–H groups in total. The Morgan fingerprint density at radius 1 is 1.57 bits per heavy atom. The second kappa shape index (κ2) is 4.34. The minimum Gasteiger partial charge on any atom is -0.449 e. The van der Waals surface area contributed by atoms with Crippen LogP contribution >= 0.6 is 11.6 Å². The van der Waals surface area contributed by atoms with Crippen molar-refractivity contribution in [1.29, 1.82) is 0 Å². The van der Waals surface area contributed by atoms with Gasteiger partial charge in [0.25, 0.3) is 0 Å². The van der Waals surface area contributed by atoms with Crippen molar-refractivity contribution in [1.82, 2.24) is 5.32 Å². The fourth-order valence-corrected chi connectivity index (χ4v) is 2.10. The van der Waals surface area contributed by atoms with Crippen molar-refractivity contribution >= 4 is 11.6 Å². The highest BCUT2D eigenvalue weighted by atomic mass is 35.5. The first-order valence-corrected chi connectivity index (χ1v) is 5.27. The van der Waals surface area contributed by atoms with Crippen LogP contribution < -0.4 is 5.32 Å². The number of aliphatic hydroxyl groups is 1. The summed E-state index contributed by atoms with van der Waals surface area (Å²) in [6.07, 6.45) is 1.96. The second-order valence-corrected chi connectivity index (χ2v) is 4.07. The van der Waals surface area contributed by atoms with E-state index in [-0.39, 0.29) is 12.6 Å². The average Bonchev–Trinajstić information content (AvgIpc) is 2.65. The molecule has 1 aromatic rings. The number of piperidine rings is 1. The number of aliphatic hydroxyl groups excluding tert-OH is 1. The van der Waals surface area contributed by atoms with Crippen molar-refractivity contribution in [3.8, 4) is 0 Å². The zero-order chi connectivity index (χ0) is 9.97. The van der Waals surface area contributed by atoms with Gasteiger partial charge in [0.1, 0.15) is 5.76 Å². The van der Waals surface area contributed by atoms with Crippen molar-refractivity contribution in [2.75, 3.05) is 13.2 Å². The number of rotatable bonds is 2. The molecule has 78 valence electrons. The van der Waals surface area contributed by atoms with Gasteiger partial charge < -0.3 is 14.8 Å². The van der Waals surface area contributed by atoms with Crippen LogP contribution in [0.25, 0.3) is 0 Å². The van der Waals surface area contributed by atoms with E-state index in [0.29, 0.717) is 11.1 Å². The zero-order valence-electron chi connectivity index (χ0n) is 7.87. The molecule has 2 unspecified atom stereocenters. The molecule has 2 rings (SSSR count). The van der Waals surface area contributed by atoms with Crippen molar-refractivity contribution in [3.63, 3.8) is 0 Å². The van der Waals surface area contributed by atoms with Gasteiger partial charge in [-0.2, -0.15) is 0 Å². The smallest absolute Gasteiger partial charge is 0.193 e. The SMILES string of the molecule is OCC1CC(c2ccc(Cl)o2)CCN1. The Kier molecular flexibility index (Phi) is 3.11. The lowest BCUT2D eigenvalue weighted by atomic mass is 9.91. The van der Waals surface area contributed by atoms with Crippen LogP contribution in [0.1, 0.15) is 24.5 Å². The van der Waals surface area contributed by atoms with Gasteiger partial charge in [-0.05, 0) is 43.1 Å². The van der Waals surface area contributed by atoms with Crippen LogP contribution in [0, 0.1) is 0 Å². The third-order valence-electron chi connectivity index (χ3n) is 2.71. The summed E-state index contributed by atoms with van der Waals surface area (Å²) in [5, 5.41) is 12.7. The van der Waals surface area contributed by atoms with Gasteiger partial charge in [-0.25, -0.2) is 0 Å². The Hall–Kier alpha value is -0.510. The minimum absolute atomic E-state index is 0.185. The maximum Gasteiger partial charge on any atom is 0.193 e. The van der Waals surface area contributed by atoms with Crippen molar-refractivity contribution in [3.05, 3.63) is 23.1 Å². The van der Waals surface area contributed by atoms with E-state index in [1.807, 2.05) is 6.07 Å². The van der Waals surface area contributed by atoms with Gasteiger partial charge in [-0.1, -0.05) is 0 Å². The van der Waals surface area contributed by atoms with Gasteiger partial charge >= 0.3 is 0 Å². The summed E-state index contributed by atoms with van der Waals surface area (Å²) in [5.74, 6) is 1.33. The molecule has 0 amide bonds. The molecule has 0 aromatic carbocycles. The van der Waals surface area contributed by atoms with E-state index >= 15 is 0 Å². The lowest BCUT2D eigenvalue weighted by molar-refractivity contribution is 0.204. The van der Waals surface area contributed by atoms with E-state index in [0.717, 1.165) is 25.1 Å². The van der Waals surface area contributed by atoms with Gasteiger partial charge in [0.05, 0.1) is 6.61 Å². The molecule has 2 heterocycles. The molecule has 1 fully saturated rings. The van der Waals surface area contributed by atoms with Crippen molar-refractivity contribution in [2.24, 2.45) is 0 Å². The predicted molar refractivity (Wildman–Crippen MR) is 54.6 cm³/mol. The maximum atomic E-state index is 9.04. The Morgan fingerprint density at radius 3 is 3.07 bits per heavy atom. The molecule has 14 heavy (non-hydrogen) atoms. The van der Waals surface area contributed by atoms with Crippen LogP contribution in [0.5, 0.6) is 0 Å². The zero-order valence-corrected chi connectivity index (χ0v) is 8.63.